The van der Waals surface area contributed by atoms with E-state index in [0.717, 1.165) is 19.4 Å². The van der Waals surface area contributed by atoms with Crippen LogP contribution in [0.4, 0.5) is 0 Å². The van der Waals surface area contributed by atoms with Crippen LogP contribution in [0.15, 0.2) is 0 Å². The van der Waals surface area contributed by atoms with Crippen molar-refractivity contribution in [1.82, 2.24) is 10.2 Å². The van der Waals surface area contributed by atoms with Crippen LogP contribution in [0.3, 0.4) is 0 Å². The minimum absolute atomic E-state index is 0.0238. The summed E-state index contributed by atoms with van der Waals surface area (Å²) in [6.45, 7) is 1.36. The average Bonchev–Trinajstić information content (AvgIpc) is 2.97. The molecule has 2 N–H and O–H groups in total. The topological polar surface area (TPSA) is 78.9 Å². The van der Waals surface area contributed by atoms with Gasteiger partial charge in [0.25, 0.3) is 0 Å². The second-order valence-electron chi connectivity index (χ2n) is 4.65. The first-order chi connectivity index (χ1) is 8.11. The van der Waals surface area contributed by atoms with Crippen molar-refractivity contribution in [2.24, 2.45) is 5.92 Å². The van der Waals surface area contributed by atoms with Crippen molar-refractivity contribution in [3.8, 4) is 0 Å². The Morgan fingerprint density at radius 1 is 1.41 bits per heavy atom. The Morgan fingerprint density at radius 3 is 2.76 bits per heavy atom. The highest BCUT2D eigenvalue weighted by molar-refractivity contribution is 5.83. The molecule has 2 unspecified atom stereocenters. The largest absolute Gasteiger partial charge is 0.481 e. The summed E-state index contributed by atoms with van der Waals surface area (Å²) in [5, 5.41) is 12.2. The number of aliphatic carboxylic acids is 1. The predicted octanol–water partition coefficient (Wildman–Crippen LogP) is -0.704. The van der Waals surface area contributed by atoms with Gasteiger partial charge < -0.3 is 20.1 Å². The van der Waals surface area contributed by atoms with Crippen molar-refractivity contribution in [3.05, 3.63) is 0 Å². The SMILES string of the molecule is CN(C(=O)[C@H]1CCCN1)C1COCC1C(=O)O. The van der Waals surface area contributed by atoms with Crippen molar-refractivity contribution >= 4 is 11.9 Å². The summed E-state index contributed by atoms with van der Waals surface area (Å²) in [6.07, 6.45) is 1.82. The summed E-state index contributed by atoms with van der Waals surface area (Å²) in [4.78, 5) is 24.7. The normalized spacial score (nSPS) is 32.6. The Bertz CT molecular complexity index is 315. The fourth-order valence-electron chi connectivity index (χ4n) is 2.47. The molecule has 6 nitrogen and oxygen atoms in total. The molecule has 1 amide bonds. The predicted molar refractivity (Wildman–Crippen MR) is 59.5 cm³/mol. The van der Waals surface area contributed by atoms with E-state index in [1.807, 2.05) is 0 Å². The van der Waals surface area contributed by atoms with Crippen molar-refractivity contribution in [2.45, 2.75) is 24.9 Å². The molecule has 2 heterocycles. The Kier molecular flexibility index (Phi) is 3.63. The molecule has 0 aromatic rings. The monoisotopic (exact) mass is 242 g/mol. The van der Waals surface area contributed by atoms with E-state index in [1.54, 1.807) is 7.05 Å². The van der Waals surface area contributed by atoms with Crippen LogP contribution in [0.25, 0.3) is 0 Å². The number of rotatable bonds is 3. The zero-order valence-electron chi connectivity index (χ0n) is 9.89. The fraction of sp³-hybridized carbons (Fsp3) is 0.818. The van der Waals surface area contributed by atoms with Crippen molar-refractivity contribution in [1.29, 1.82) is 0 Å². The summed E-state index contributed by atoms with van der Waals surface area (Å²) in [6, 6.07) is -0.502. The molecule has 0 aliphatic carbocycles. The Labute approximate surface area is 99.9 Å². The maximum absolute atomic E-state index is 12.1. The molecular formula is C11H18N2O4. The second-order valence-corrected chi connectivity index (χ2v) is 4.65. The summed E-state index contributed by atoms with van der Waals surface area (Å²) in [5.74, 6) is -1.53. The molecule has 0 saturated carbocycles. The lowest BCUT2D eigenvalue weighted by Gasteiger charge is -2.28. The number of nitrogens with zero attached hydrogens (tertiary/aromatic N) is 1. The van der Waals surface area contributed by atoms with Gasteiger partial charge in [-0.3, -0.25) is 9.59 Å². The Hall–Kier alpha value is -1.14. The van der Waals surface area contributed by atoms with Gasteiger partial charge in [-0.05, 0) is 19.4 Å². The van der Waals surface area contributed by atoms with E-state index in [2.05, 4.69) is 5.32 Å². The van der Waals surface area contributed by atoms with Crippen LogP contribution in [0.5, 0.6) is 0 Å². The number of amides is 1. The van der Waals surface area contributed by atoms with Crippen LogP contribution in [-0.2, 0) is 14.3 Å². The van der Waals surface area contributed by atoms with E-state index in [0.29, 0.717) is 6.61 Å². The van der Waals surface area contributed by atoms with Crippen LogP contribution in [0.2, 0.25) is 0 Å². The van der Waals surface area contributed by atoms with Gasteiger partial charge in [-0.25, -0.2) is 0 Å². The van der Waals surface area contributed by atoms with Gasteiger partial charge >= 0.3 is 5.97 Å². The quantitative estimate of drug-likeness (QED) is 0.684. The molecule has 2 rings (SSSR count). The van der Waals surface area contributed by atoms with Gasteiger partial charge in [0.1, 0.15) is 5.92 Å². The van der Waals surface area contributed by atoms with Gasteiger partial charge in [-0.2, -0.15) is 0 Å². The van der Waals surface area contributed by atoms with Crippen LogP contribution in [-0.4, -0.2) is 60.8 Å². The third-order valence-electron chi connectivity index (χ3n) is 3.57. The maximum Gasteiger partial charge on any atom is 0.311 e. The summed E-state index contributed by atoms with van der Waals surface area (Å²) in [5.41, 5.74) is 0. The van der Waals surface area contributed by atoms with E-state index < -0.39 is 11.9 Å². The van der Waals surface area contributed by atoms with E-state index in [-0.39, 0.29) is 24.6 Å². The lowest BCUT2D eigenvalue weighted by atomic mass is 10.0. The Morgan fingerprint density at radius 2 is 2.18 bits per heavy atom. The third kappa shape index (κ3) is 2.42. The highest BCUT2D eigenvalue weighted by Gasteiger charge is 2.40. The minimum atomic E-state index is -0.897. The van der Waals surface area contributed by atoms with Gasteiger partial charge in [0, 0.05) is 7.05 Å². The van der Waals surface area contributed by atoms with Gasteiger partial charge in [0.15, 0.2) is 0 Å². The zero-order chi connectivity index (χ0) is 12.4. The fourth-order valence-corrected chi connectivity index (χ4v) is 2.47. The first-order valence-corrected chi connectivity index (χ1v) is 5.92. The average molecular weight is 242 g/mol. The zero-order valence-corrected chi connectivity index (χ0v) is 9.89. The van der Waals surface area contributed by atoms with Gasteiger partial charge in [-0.15, -0.1) is 0 Å². The third-order valence-corrected chi connectivity index (χ3v) is 3.57. The van der Waals surface area contributed by atoms with Crippen LogP contribution in [0.1, 0.15) is 12.8 Å². The summed E-state index contributed by atoms with van der Waals surface area (Å²) >= 11 is 0. The number of carbonyl (C=O) groups is 2. The van der Waals surface area contributed by atoms with Gasteiger partial charge in [0.2, 0.25) is 5.91 Å². The number of hydrogen-bond acceptors (Lipinski definition) is 4. The Balaban J connectivity index is 2.00. The number of ether oxygens (including phenoxy) is 1. The van der Waals surface area contributed by atoms with E-state index in [1.165, 1.54) is 4.90 Å². The smallest absolute Gasteiger partial charge is 0.311 e. The minimum Gasteiger partial charge on any atom is -0.481 e. The number of carboxylic acid groups (broad SMARTS) is 1. The molecule has 2 aliphatic rings. The summed E-state index contributed by atoms with van der Waals surface area (Å²) in [7, 11) is 1.66. The molecule has 0 aromatic carbocycles. The maximum atomic E-state index is 12.1. The molecule has 0 radical (unpaired) electrons. The molecule has 2 fully saturated rings. The molecule has 96 valence electrons. The number of carbonyl (C=O) groups excluding carboxylic acids is 1. The van der Waals surface area contributed by atoms with Crippen molar-refractivity contribution < 1.29 is 19.4 Å². The first kappa shape index (κ1) is 12.3. The van der Waals surface area contributed by atoms with Crippen molar-refractivity contribution in [3.63, 3.8) is 0 Å². The molecule has 17 heavy (non-hydrogen) atoms. The number of hydrogen-bond donors (Lipinski definition) is 2. The molecule has 6 heteroatoms. The van der Waals surface area contributed by atoms with Crippen LogP contribution < -0.4 is 5.32 Å². The molecule has 2 saturated heterocycles. The van der Waals surface area contributed by atoms with E-state index >= 15 is 0 Å². The lowest BCUT2D eigenvalue weighted by Crippen LogP contribution is -2.50. The number of likely N-dealkylation sites (N-methyl/N-ethyl adjacent to an activating group) is 1. The van der Waals surface area contributed by atoms with E-state index in [4.69, 9.17) is 9.84 Å². The molecule has 0 bridgehead atoms. The summed E-state index contributed by atoms with van der Waals surface area (Å²) < 4.78 is 5.17. The lowest BCUT2D eigenvalue weighted by molar-refractivity contribution is -0.144. The number of nitrogens with one attached hydrogen (secondary N) is 1. The van der Waals surface area contributed by atoms with Crippen LogP contribution in [0, 0.1) is 5.92 Å². The molecular weight excluding hydrogens is 224 g/mol. The van der Waals surface area contributed by atoms with E-state index in [9.17, 15) is 9.59 Å². The molecule has 0 spiro atoms. The van der Waals surface area contributed by atoms with Gasteiger partial charge in [0.05, 0.1) is 25.3 Å². The van der Waals surface area contributed by atoms with Crippen molar-refractivity contribution in [2.75, 3.05) is 26.8 Å². The number of carboxylic acids is 1. The standard InChI is InChI=1S/C11H18N2O4/c1-13(10(14)8-3-2-4-12-8)9-6-17-5-7(9)11(15)16/h7-9,12H,2-6H2,1H3,(H,15,16)/t7?,8-,9?/m1/s1. The highest BCUT2D eigenvalue weighted by atomic mass is 16.5. The molecule has 2 aliphatic heterocycles. The second kappa shape index (κ2) is 5.01. The first-order valence-electron chi connectivity index (χ1n) is 5.92. The highest BCUT2D eigenvalue weighted by Crippen LogP contribution is 2.20. The molecule has 3 atom stereocenters. The van der Waals surface area contributed by atoms with Crippen LogP contribution >= 0.6 is 0 Å². The van der Waals surface area contributed by atoms with Gasteiger partial charge in [-0.1, -0.05) is 0 Å². The molecule has 0 aromatic heterocycles.